The second-order valence-corrected chi connectivity index (χ2v) is 5.24. The van der Waals surface area contributed by atoms with Crippen molar-refractivity contribution in [3.8, 4) is 0 Å². The molecule has 80 valence electrons. The number of Topliss-reactive ketones (excluding diaryl/α,β-unsaturated/α-hetero) is 1. The average Bonchev–Trinajstić information content (AvgIpc) is 2.26. The molecule has 1 unspecified atom stereocenters. The van der Waals surface area contributed by atoms with Crippen LogP contribution in [0.3, 0.4) is 0 Å². The Labute approximate surface area is 102 Å². The summed E-state index contributed by atoms with van der Waals surface area (Å²) in [5.41, 5.74) is 0.975. The number of alkyl halides is 1. The molecule has 0 fully saturated rings. The maximum Gasteiger partial charge on any atom is 0.176 e. The fourth-order valence-corrected chi connectivity index (χ4v) is 2.11. The monoisotopic (exact) mass is 286 g/mol. The molecule has 2 nitrogen and oxygen atoms in total. The zero-order valence-corrected chi connectivity index (χ0v) is 10.9. The Morgan fingerprint density at radius 3 is 2.67 bits per heavy atom. The standard InChI is InChI=1S/C11H11BrO2S/c1-7(12)11(14)8-4-3-5-10(15-2)9(8)6-13/h3-7H,1-2H3. The lowest BCUT2D eigenvalue weighted by Crippen LogP contribution is -2.13. The van der Waals surface area contributed by atoms with E-state index in [0.717, 1.165) is 11.2 Å². The molecule has 4 heteroatoms. The minimum Gasteiger partial charge on any atom is -0.298 e. The van der Waals surface area contributed by atoms with Gasteiger partial charge in [-0.3, -0.25) is 9.59 Å². The van der Waals surface area contributed by atoms with Gasteiger partial charge in [0.05, 0.1) is 4.83 Å². The molecule has 0 saturated carbocycles. The van der Waals surface area contributed by atoms with Gasteiger partial charge in [-0.05, 0) is 19.2 Å². The van der Waals surface area contributed by atoms with E-state index in [9.17, 15) is 9.59 Å². The number of carbonyl (C=O) groups excluding carboxylic acids is 2. The van der Waals surface area contributed by atoms with Crippen molar-refractivity contribution in [1.29, 1.82) is 0 Å². The second-order valence-electron chi connectivity index (χ2n) is 3.02. The molecule has 1 rings (SSSR count). The van der Waals surface area contributed by atoms with Crippen molar-refractivity contribution in [3.63, 3.8) is 0 Å². The minimum atomic E-state index is -0.270. The van der Waals surface area contributed by atoms with Crippen LogP contribution in [0.4, 0.5) is 0 Å². The largest absolute Gasteiger partial charge is 0.298 e. The molecule has 0 bridgehead atoms. The van der Waals surface area contributed by atoms with Gasteiger partial charge in [0.2, 0.25) is 0 Å². The lowest BCUT2D eigenvalue weighted by molar-refractivity contribution is 0.0988. The van der Waals surface area contributed by atoms with Gasteiger partial charge in [0.1, 0.15) is 0 Å². The van der Waals surface area contributed by atoms with Crippen LogP contribution in [0.2, 0.25) is 0 Å². The Morgan fingerprint density at radius 1 is 1.53 bits per heavy atom. The first-order chi connectivity index (χ1) is 7.11. The van der Waals surface area contributed by atoms with E-state index in [1.54, 1.807) is 19.1 Å². The van der Waals surface area contributed by atoms with Crippen molar-refractivity contribution in [3.05, 3.63) is 29.3 Å². The van der Waals surface area contributed by atoms with Gasteiger partial charge in [0.15, 0.2) is 12.1 Å². The number of ketones is 1. The van der Waals surface area contributed by atoms with E-state index in [0.29, 0.717) is 11.1 Å². The van der Waals surface area contributed by atoms with Crippen LogP contribution in [0, 0.1) is 0 Å². The maximum absolute atomic E-state index is 11.8. The van der Waals surface area contributed by atoms with Gasteiger partial charge in [0.25, 0.3) is 0 Å². The Hall–Kier alpha value is -0.610. The summed E-state index contributed by atoms with van der Waals surface area (Å²) in [5.74, 6) is -0.0620. The van der Waals surface area contributed by atoms with E-state index in [2.05, 4.69) is 15.9 Å². The summed E-state index contributed by atoms with van der Waals surface area (Å²) in [6, 6.07) is 5.31. The van der Waals surface area contributed by atoms with Crippen LogP contribution in [0.5, 0.6) is 0 Å². The molecule has 15 heavy (non-hydrogen) atoms. The van der Waals surface area contributed by atoms with Gasteiger partial charge >= 0.3 is 0 Å². The topological polar surface area (TPSA) is 34.1 Å². The first-order valence-electron chi connectivity index (χ1n) is 4.42. The summed E-state index contributed by atoms with van der Waals surface area (Å²) < 4.78 is 0. The number of hydrogen-bond donors (Lipinski definition) is 0. The van der Waals surface area contributed by atoms with Crippen LogP contribution in [-0.4, -0.2) is 23.2 Å². The summed E-state index contributed by atoms with van der Waals surface area (Å²) in [6.07, 6.45) is 2.63. The van der Waals surface area contributed by atoms with E-state index >= 15 is 0 Å². The summed E-state index contributed by atoms with van der Waals surface area (Å²) in [5, 5.41) is 0. The first-order valence-corrected chi connectivity index (χ1v) is 6.56. The van der Waals surface area contributed by atoms with Crippen LogP contribution in [0.25, 0.3) is 0 Å². The van der Waals surface area contributed by atoms with Gasteiger partial charge in [-0.2, -0.15) is 0 Å². The number of carbonyl (C=O) groups is 2. The number of aldehydes is 1. The molecule has 1 aromatic rings. The lowest BCUT2D eigenvalue weighted by atomic mass is 10.0. The Balaban J connectivity index is 3.29. The average molecular weight is 287 g/mol. The highest BCUT2D eigenvalue weighted by atomic mass is 79.9. The molecule has 0 heterocycles. The third kappa shape index (κ3) is 2.69. The molecule has 0 saturated heterocycles. The lowest BCUT2D eigenvalue weighted by Gasteiger charge is -2.08. The van der Waals surface area contributed by atoms with Crippen molar-refractivity contribution in [2.45, 2.75) is 16.6 Å². The molecule has 0 aliphatic carbocycles. The predicted octanol–water partition coefficient (Wildman–Crippen LogP) is 3.19. The minimum absolute atomic E-state index is 0.0620. The molecular weight excluding hydrogens is 276 g/mol. The van der Waals surface area contributed by atoms with Crippen molar-refractivity contribution in [2.24, 2.45) is 0 Å². The molecule has 1 aromatic carbocycles. The summed E-state index contributed by atoms with van der Waals surface area (Å²) in [4.78, 5) is 23.3. The summed E-state index contributed by atoms with van der Waals surface area (Å²) in [6.45, 7) is 1.75. The molecule has 0 N–H and O–H groups in total. The number of thioether (sulfide) groups is 1. The van der Waals surface area contributed by atoms with E-state index in [1.165, 1.54) is 11.8 Å². The number of rotatable bonds is 4. The normalized spacial score (nSPS) is 12.2. The van der Waals surface area contributed by atoms with Crippen molar-refractivity contribution in [1.82, 2.24) is 0 Å². The molecule has 0 spiro atoms. The fraction of sp³-hybridized carbons (Fsp3) is 0.273. The van der Waals surface area contributed by atoms with Crippen LogP contribution in [0.15, 0.2) is 23.1 Å². The van der Waals surface area contributed by atoms with Crippen molar-refractivity contribution in [2.75, 3.05) is 6.26 Å². The van der Waals surface area contributed by atoms with Crippen LogP contribution in [-0.2, 0) is 0 Å². The van der Waals surface area contributed by atoms with Crippen LogP contribution < -0.4 is 0 Å². The van der Waals surface area contributed by atoms with Crippen molar-refractivity contribution >= 4 is 39.8 Å². The van der Waals surface area contributed by atoms with Gasteiger partial charge < -0.3 is 0 Å². The third-order valence-electron chi connectivity index (χ3n) is 2.03. The smallest absolute Gasteiger partial charge is 0.176 e. The SMILES string of the molecule is CSc1cccc(C(=O)C(C)Br)c1C=O. The Morgan fingerprint density at radius 2 is 2.20 bits per heavy atom. The second kappa shape index (κ2) is 5.47. The molecule has 0 aliphatic heterocycles. The summed E-state index contributed by atoms with van der Waals surface area (Å²) in [7, 11) is 0. The third-order valence-corrected chi connectivity index (χ3v) is 3.24. The summed E-state index contributed by atoms with van der Waals surface area (Å²) >= 11 is 4.68. The Bertz CT molecular complexity index is 388. The van der Waals surface area contributed by atoms with Crippen LogP contribution >= 0.6 is 27.7 Å². The van der Waals surface area contributed by atoms with Gasteiger partial charge in [-0.15, -0.1) is 11.8 Å². The molecule has 1 atom stereocenters. The highest BCUT2D eigenvalue weighted by Gasteiger charge is 2.17. The molecule has 0 radical (unpaired) electrons. The van der Waals surface area contributed by atoms with Crippen LogP contribution in [0.1, 0.15) is 27.6 Å². The zero-order valence-electron chi connectivity index (χ0n) is 8.49. The van der Waals surface area contributed by atoms with Crippen molar-refractivity contribution < 1.29 is 9.59 Å². The van der Waals surface area contributed by atoms with Gasteiger partial charge in [-0.25, -0.2) is 0 Å². The number of benzene rings is 1. The van der Waals surface area contributed by atoms with E-state index in [4.69, 9.17) is 0 Å². The number of hydrogen-bond acceptors (Lipinski definition) is 3. The quantitative estimate of drug-likeness (QED) is 0.369. The molecular formula is C11H11BrO2S. The van der Waals surface area contributed by atoms with E-state index in [-0.39, 0.29) is 10.6 Å². The Kier molecular flexibility index (Phi) is 4.54. The van der Waals surface area contributed by atoms with E-state index < -0.39 is 0 Å². The predicted molar refractivity (Wildman–Crippen MR) is 66.3 cm³/mol. The molecule has 0 aromatic heterocycles. The molecule has 0 amide bonds. The maximum atomic E-state index is 11.8. The highest BCUT2D eigenvalue weighted by Crippen LogP contribution is 2.23. The fourth-order valence-electron chi connectivity index (χ4n) is 1.27. The van der Waals surface area contributed by atoms with Gasteiger partial charge in [0, 0.05) is 16.0 Å². The van der Waals surface area contributed by atoms with Gasteiger partial charge in [-0.1, -0.05) is 28.1 Å². The number of halogens is 1. The zero-order chi connectivity index (χ0) is 11.4. The first kappa shape index (κ1) is 12.5. The van der Waals surface area contributed by atoms with E-state index in [1.807, 2.05) is 12.3 Å². The molecule has 0 aliphatic rings. The highest BCUT2D eigenvalue weighted by molar-refractivity contribution is 9.10.